The molecule has 260 valence electrons. The molecule has 0 spiro atoms. The SMILES string of the molecule is CCCCCCc1cc(CCCCCC)cc(C2=C(CCCC)C(C)=C(c3cc(CCCC)cc(CCCC)c3)[N+]2=[N-])c1.[CH3][Ni][CH3]. The van der Waals surface area contributed by atoms with Crippen molar-refractivity contribution in [2.45, 2.75) is 175 Å². The maximum absolute atomic E-state index is 12.1. The average molecular weight is 672 g/mol. The van der Waals surface area contributed by atoms with E-state index in [0.29, 0.717) is 0 Å². The summed E-state index contributed by atoms with van der Waals surface area (Å²) in [5.74, 6) is 4.12. The van der Waals surface area contributed by atoms with E-state index in [4.69, 9.17) is 0 Å². The van der Waals surface area contributed by atoms with Crippen LogP contribution < -0.4 is 0 Å². The monoisotopic (exact) mass is 670 g/mol. The van der Waals surface area contributed by atoms with Crippen LogP contribution in [0.4, 0.5) is 0 Å². The molecule has 46 heavy (non-hydrogen) atoms. The molecule has 3 heteroatoms. The summed E-state index contributed by atoms with van der Waals surface area (Å²) in [6, 6.07) is 14.4. The summed E-state index contributed by atoms with van der Waals surface area (Å²) < 4.78 is 1.58. The molecular weight excluding hydrogens is 603 g/mol. The Kier molecular flexibility index (Phi) is 20.4. The molecule has 2 aromatic carbocycles. The van der Waals surface area contributed by atoms with Gasteiger partial charge in [-0.15, -0.1) is 0 Å². The number of allylic oxidation sites excluding steroid dienone is 2. The summed E-state index contributed by atoms with van der Waals surface area (Å²) in [6.07, 6.45) is 22.8. The van der Waals surface area contributed by atoms with Gasteiger partial charge < -0.3 is 5.53 Å². The first-order valence-corrected chi connectivity index (χ1v) is 20.8. The van der Waals surface area contributed by atoms with Crippen molar-refractivity contribution in [3.63, 3.8) is 0 Å². The third-order valence-corrected chi connectivity index (χ3v) is 9.23. The standard InChI is InChI=1S/C41H62N2.2CH3.Ni/c1-7-12-17-19-23-35-27-36(24-20-18-13-8-2)31-38(30-35)41-39(25-16-11-5)32(6)40(43(41)42)37-28-33(21-14-9-3)26-34(29-37)22-15-10-4;;;/h26-31H,7-25H2,1-6H3;2*1H3;. The van der Waals surface area contributed by atoms with E-state index in [1.54, 1.807) is 19.1 Å². The van der Waals surface area contributed by atoms with Crippen LogP contribution in [-0.2, 0) is 40.1 Å². The van der Waals surface area contributed by atoms with E-state index in [2.05, 4.69) is 89.7 Å². The molecule has 0 aliphatic carbocycles. The second-order valence-electron chi connectivity index (χ2n) is 13.4. The number of rotatable bonds is 21. The van der Waals surface area contributed by atoms with E-state index < -0.39 is 0 Å². The van der Waals surface area contributed by atoms with Crippen molar-refractivity contribution in [1.82, 2.24) is 0 Å². The molecule has 0 bridgehead atoms. The van der Waals surface area contributed by atoms with Crippen molar-refractivity contribution in [3.8, 4) is 0 Å². The number of nitrogens with zero attached hydrogens (tertiary/aromatic N) is 2. The molecule has 0 saturated carbocycles. The van der Waals surface area contributed by atoms with Crippen LogP contribution in [0.25, 0.3) is 16.9 Å². The van der Waals surface area contributed by atoms with Gasteiger partial charge in [0.25, 0.3) is 0 Å². The van der Waals surface area contributed by atoms with E-state index in [1.807, 2.05) is 0 Å². The van der Waals surface area contributed by atoms with E-state index >= 15 is 0 Å². The first-order chi connectivity index (χ1) is 22.4. The van der Waals surface area contributed by atoms with Crippen LogP contribution >= 0.6 is 0 Å². The van der Waals surface area contributed by atoms with Gasteiger partial charge in [-0.3, -0.25) is 0 Å². The summed E-state index contributed by atoms with van der Waals surface area (Å²) in [7, 11) is 0. The van der Waals surface area contributed by atoms with E-state index in [-0.39, 0.29) is 0 Å². The summed E-state index contributed by atoms with van der Waals surface area (Å²) in [5, 5.41) is 0. The summed E-state index contributed by atoms with van der Waals surface area (Å²) >= 11 is 1.62. The number of unbranched alkanes of at least 4 members (excludes halogenated alkanes) is 9. The zero-order chi connectivity index (χ0) is 33.7. The summed E-state index contributed by atoms with van der Waals surface area (Å²) in [6.45, 7) is 13.6. The Balaban J connectivity index is 0.00000236. The molecule has 1 aliphatic rings. The minimum atomic E-state index is 0.995. The quantitative estimate of drug-likeness (QED) is 0.0717. The fourth-order valence-corrected chi connectivity index (χ4v) is 6.66. The first-order valence-electron chi connectivity index (χ1n) is 18.8. The van der Waals surface area contributed by atoms with Gasteiger partial charge in [-0.05, 0) is 118 Å². The van der Waals surface area contributed by atoms with Crippen molar-refractivity contribution < 1.29 is 19.1 Å². The number of hydrogen-bond donors (Lipinski definition) is 0. The molecule has 0 fully saturated rings. The molecular formula is C43H68N2Ni. The van der Waals surface area contributed by atoms with Gasteiger partial charge in [-0.25, -0.2) is 4.70 Å². The second-order valence-corrected chi connectivity index (χ2v) is 14.4. The Morgan fingerprint density at radius 3 is 1.22 bits per heavy atom. The van der Waals surface area contributed by atoms with Crippen LogP contribution in [0.5, 0.6) is 0 Å². The normalized spacial score (nSPS) is 13.2. The van der Waals surface area contributed by atoms with E-state index in [1.165, 1.54) is 122 Å². The van der Waals surface area contributed by atoms with Gasteiger partial charge in [0, 0.05) is 22.3 Å². The van der Waals surface area contributed by atoms with E-state index in [9.17, 15) is 5.53 Å². The van der Waals surface area contributed by atoms with Crippen LogP contribution in [0.3, 0.4) is 0 Å². The molecule has 0 aromatic heterocycles. The summed E-state index contributed by atoms with van der Waals surface area (Å²) in [4.78, 5) is 0. The molecule has 3 rings (SSSR count). The second kappa shape index (κ2) is 23.4. The molecule has 1 aliphatic heterocycles. The van der Waals surface area contributed by atoms with Crippen molar-refractivity contribution in [2.24, 2.45) is 0 Å². The maximum atomic E-state index is 12.1. The first kappa shape index (κ1) is 40.2. The van der Waals surface area contributed by atoms with E-state index in [0.717, 1.165) is 56.3 Å². The van der Waals surface area contributed by atoms with Gasteiger partial charge in [0.15, 0.2) is 0 Å². The summed E-state index contributed by atoms with van der Waals surface area (Å²) in [5.41, 5.74) is 24.8. The third-order valence-electron chi connectivity index (χ3n) is 9.23. The van der Waals surface area contributed by atoms with Crippen LogP contribution in [0.15, 0.2) is 47.5 Å². The Bertz CT molecular complexity index is 1190. The Hall–Kier alpha value is -1.99. The zero-order valence-electron chi connectivity index (χ0n) is 31.1. The molecule has 0 atom stereocenters. The van der Waals surface area contributed by atoms with Gasteiger partial charge in [0.05, 0.1) is 0 Å². The topological polar surface area (TPSA) is 25.3 Å². The molecule has 1 heterocycles. The Morgan fingerprint density at radius 1 is 0.478 bits per heavy atom. The van der Waals surface area contributed by atoms with Crippen molar-refractivity contribution >= 4 is 11.4 Å². The van der Waals surface area contributed by atoms with Gasteiger partial charge in [0.2, 0.25) is 11.4 Å². The fourth-order valence-electron chi connectivity index (χ4n) is 6.66. The average Bonchev–Trinajstić information content (AvgIpc) is 3.30. The van der Waals surface area contributed by atoms with Gasteiger partial charge >= 0.3 is 26.2 Å². The minimum absolute atomic E-state index is 0.995. The molecule has 0 unspecified atom stereocenters. The number of aryl methyl sites for hydroxylation is 4. The number of benzene rings is 2. The molecule has 0 N–H and O–H groups in total. The molecule has 0 radical (unpaired) electrons. The van der Waals surface area contributed by atoms with Gasteiger partial charge in [0.1, 0.15) is 0 Å². The van der Waals surface area contributed by atoms with Crippen LogP contribution in [0.2, 0.25) is 11.8 Å². The molecule has 2 aromatic rings. The third kappa shape index (κ3) is 12.9. The Morgan fingerprint density at radius 2 is 0.826 bits per heavy atom. The molecule has 2 nitrogen and oxygen atoms in total. The van der Waals surface area contributed by atoms with Gasteiger partial charge in [-0.2, -0.15) is 0 Å². The molecule has 0 saturated heterocycles. The van der Waals surface area contributed by atoms with Crippen molar-refractivity contribution in [1.29, 1.82) is 0 Å². The van der Waals surface area contributed by atoms with Gasteiger partial charge in [-0.1, -0.05) is 105 Å². The van der Waals surface area contributed by atoms with Crippen molar-refractivity contribution in [3.05, 3.63) is 86.5 Å². The van der Waals surface area contributed by atoms with Crippen LogP contribution in [-0.4, -0.2) is 4.70 Å². The zero-order valence-corrected chi connectivity index (χ0v) is 32.1. The predicted octanol–water partition coefficient (Wildman–Crippen LogP) is 14.2. The van der Waals surface area contributed by atoms with Crippen molar-refractivity contribution in [2.75, 3.05) is 0 Å². The van der Waals surface area contributed by atoms with Crippen LogP contribution in [0.1, 0.15) is 171 Å². The number of hydrogen-bond acceptors (Lipinski definition) is 0. The fraction of sp³-hybridized carbons (Fsp3) is 0.628. The molecule has 0 amide bonds. The van der Waals surface area contributed by atoms with Crippen LogP contribution in [0, 0.1) is 0 Å². The predicted molar refractivity (Wildman–Crippen MR) is 200 cm³/mol. The Labute approximate surface area is 291 Å².